The molecule has 1 amide bonds. The number of hydrazine groups is 1. The number of halogens is 1. The van der Waals surface area contributed by atoms with E-state index in [4.69, 9.17) is 5.84 Å². The van der Waals surface area contributed by atoms with E-state index >= 15 is 0 Å². The van der Waals surface area contributed by atoms with Crippen molar-refractivity contribution in [3.05, 3.63) is 53.7 Å². The normalized spacial score (nSPS) is 11.8. The average Bonchev–Trinajstić information content (AvgIpc) is 2.47. The van der Waals surface area contributed by atoms with Gasteiger partial charge in [0.1, 0.15) is 11.5 Å². The number of carbonyl (C=O) groups excluding carboxylic acids is 1. The van der Waals surface area contributed by atoms with Crippen LogP contribution in [0.15, 0.2) is 36.7 Å². The number of benzene rings is 1. The summed E-state index contributed by atoms with van der Waals surface area (Å²) >= 11 is 0. The second-order valence-electron chi connectivity index (χ2n) is 4.15. The van der Waals surface area contributed by atoms with Crippen molar-refractivity contribution in [2.45, 2.75) is 13.0 Å². The van der Waals surface area contributed by atoms with E-state index in [1.807, 2.05) is 0 Å². The third-order valence-electron chi connectivity index (χ3n) is 2.75. The third kappa shape index (κ3) is 3.07. The fourth-order valence-electron chi connectivity index (χ4n) is 1.69. The number of nitrogens with zero attached hydrogens (tertiary/aromatic N) is 2. The standard InChI is InChI=1S/C13H14FN5O/c1-8(9-4-2-3-5-10(9)14)18-13(20)11-6-17-12(19-15)7-16-11/h2-8H,15H2,1H3,(H,17,19)(H,18,20). The summed E-state index contributed by atoms with van der Waals surface area (Å²) in [5, 5.41) is 2.66. The van der Waals surface area contributed by atoms with Gasteiger partial charge in [-0.05, 0) is 13.0 Å². The second kappa shape index (κ2) is 6.07. The molecule has 0 spiro atoms. The van der Waals surface area contributed by atoms with Crippen LogP contribution in [-0.2, 0) is 0 Å². The van der Waals surface area contributed by atoms with E-state index in [1.165, 1.54) is 18.5 Å². The number of rotatable bonds is 4. The Bertz CT molecular complexity index is 602. The zero-order chi connectivity index (χ0) is 14.5. The van der Waals surface area contributed by atoms with Crippen LogP contribution in [0.5, 0.6) is 0 Å². The van der Waals surface area contributed by atoms with Gasteiger partial charge < -0.3 is 10.7 Å². The summed E-state index contributed by atoms with van der Waals surface area (Å²) < 4.78 is 13.6. The van der Waals surface area contributed by atoms with Gasteiger partial charge in [-0.2, -0.15) is 0 Å². The minimum atomic E-state index is -0.474. The molecule has 6 nitrogen and oxygen atoms in total. The van der Waals surface area contributed by atoms with Gasteiger partial charge in [0.25, 0.3) is 5.91 Å². The highest BCUT2D eigenvalue weighted by atomic mass is 19.1. The van der Waals surface area contributed by atoms with Crippen LogP contribution >= 0.6 is 0 Å². The smallest absolute Gasteiger partial charge is 0.271 e. The van der Waals surface area contributed by atoms with Crippen molar-refractivity contribution in [1.29, 1.82) is 0 Å². The van der Waals surface area contributed by atoms with Crippen molar-refractivity contribution in [3.8, 4) is 0 Å². The SMILES string of the molecule is CC(NC(=O)c1cnc(NN)cn1)c1ccccc1F. The minimum Gasteiger partial charge on any atom is -0.344 e. The monoisotopic (exact) mass is 275 g/mol. The van der Waals surface area contributed by atoms with Crippen LogP contribution in [0.25, 0.3) is 0 Å². The van der Waals surface area contributed by atoms with Crippen molar-refractivity contribution in [3.63, 3.8) is 0 Å². The molecule has 0 aliphatic carbocycles. The van der Waals surface area contributed by atoms with Gasteiger partial charge in [-0.1, -0.05) is 18.2 Å². The number of hydrogen-bond acceptors (Lipinski definition) is 5. The fourth-order valence-corrected chi connectivity index (χ4v) is 1.69. The van der Waals surface area contributed by atoms with Crippen molar-refractivity contribution in [1.82, 2.24) is 15.3 Å². The third-order valence-corrected chi connectivity index (χ3v) is 2.75. The summed E-state index contributed by atoms with van der Waals surface area (Å²) in [5.41, 5.74) is 2.86. The van der Waals surface area contributed by atoms with E-state index in [0.29, 0.717) is 11.4 Å². The highest BCUT2D eigenvalue weighted by Gasteiger charge is 2.15. The maximum Gasteiger partial charge on any atom is 0.271 e. The fraction of sp³-hybridized carbons (Fsp3) is 0.154. The summed E-state index contributed by atoms with van der Waals surface area (Å²) in [6, 6.07) is 5.80. The Labute approximate surface area is 115 Å². The number of nitrogens with one attached hydrogen (secondary N) is 2. The minimum absolute atomic E-state index is 0.132. The quantitative estimate of drug-likeness (QED) is 0.579. The predicted molar refractivity (Wildman–Crippen MR) is 72.1 cm³/mol. The number of carbonyl (C=O) groups is 1. The molecular weight excluding hydrogens is 261 g/mol. The molecule has 1 unspecified atom stereocenters. The molecule has 0 fully saturated rings. The molecule has 0 bridgehead atoms. The Morgan fingerprint density at radius 2 is 2.05 bits per heavy atom. The number of nitrogen functional groups attached to an aromatic ring is 1. The molecule has 1 aromatic carbocycles. The van der Waals surface area contributed by atoms with Gasteiger partial charge in [0.15, 0.2) is 5.82 Å². The highest BCUT2D eigenvalue weighted by molar-refractivity contribution is 5.92. The molecule has 0 saturated carbocycles. The lowest BCUT2D eigenvalue weighted by Crippen LogP contribution is -2.28. The van der Waals surface area contributed by atoms with Crippen LogP contribution in [0.4, 0.5) is 10.2 Å². The first-order valence-corrected chi connectivity index (χ1v) is 5.95. The molecule has 0 aliphatic rings. The van der Waals surface area contributed by atoms with Crippen LogP contribution in [0.1, 0.15) is 29.0 Å². The molecule has 2 aromatic rings. The van der Waals surface area contributed by atoms with Crippen molar-refractivity contribution >= 4 is 11.7 Å². The predicted octanol–water partition coefficient (Wildman–Crippen LogP) is 1.39. The van der Waals surface area contributed by atoms with E-state index in [-0.39, 0.29) is 11.5 Å². The molecule has 0 radical (unpaired) electrons. The first-order valence-electron chi connectivity index (χ1n) is 5.95. The number of aromatic nitrogens is 2. The topological polar surface area (TPSA) is 92.9 Å². The van der Waals surface area contributed by atoms with E-state index in [1.54, 1.807) is 25.1 Å². The van der Waals surface area contributed by atoms with E-state index in [2.05, 4.69) is 20.7 Å². The Hall–Kier alpha value is -2.54. The van der Waals surface area contributed by atoms with Gasteiger partial charge in [-0.25, -0.2) is 20.2 Å². The van der Waals surface area contributed by atoms with Gasteiger partial charge in [-0.15, -0.1) is 0 Å². The van der Waals surface area contributed by atoms with E-state index in [9.17, 15) is 9.18 Å². The number of anilines is 1. The molecule has 7 heteroatoms. The van der Waals surface area contributed by atoms with Crippen LogP contribution in [0, 0.1) is 5.82 Å². The van der Waals surface area contributed by atoms with Crippen molar-refractivity contribution in [2.75, 3.05) is 5.43 Å². The summed E-state index contributed by atoms with van der Waals surface area (Å²) in [6.07, 6.45) is 2.63. The summed E-state index contributed by atoms with van der Waals surface area (Å²) in [7, 11) is 0. The highest BCUT2D eigenvalue weighted by Crippen LogP contribution is 2.16. The summed E-state index contributed by atoms with van der Waals surface area (Å²) in [6.45, 7) is 1.69. The Kier molecular flexibility index (Phi) is 4.21. The maximum absolute atomic E-state index is 13.6. The van der Waals surface area contributed by atoms with Crippen molar-refractivity contribution in [2.24, 2.45) is 5.84 Å². The largest absolute Gasteiger partial charge is 0.344 e. The van der Waals surface area contributed by atoms with Gasteiger partial charge in [0.05, 0.1) is 18.4 Å². The summed E-state index contributed by atoms with van der Waals surface area (Å²) in [4.78, 5) is 19.7. The maximum atomic E-state index is 13.6. The molecule has 2 rings (SSSR count). The van der Waals surface area contributed by atoms with Gasteiger partial charge in [-0.3, -0.25) is 4.79 Å². The summed E-state index contributed by atoms with van der Waals surface area (Å²) in [5.74, 6) is 4.71. The van der Waals surface area contributed by atoms with Gasteiger partial charge in [0.2, 0.25) is 0 Å². The average molecular weight is 275 g/mol. The molecule has 0 aliphatic heterocycles. The zero-order valence-corrected chi connectivity index (χ0v) is 10.8. The van der Waals surface area contributed by atoms with Crippen LogP contribution in [0.3, 0.4) is 0 Å². The number of amides is 1. The van der Waals surface area contributed by atoms with Gasteiger partial charge in [0, 0.05) is 5.56 Å². The molecular formula is C13H14FN5O. The molecule has 20 heavy (non-hydrogen) atoms. The molecule has 0 saturated heterocycles. The van der Waals surface area contributed by atoms with E-state index in [0.717, 1.165) is 0 Å². The lowest BCUT2D eigenvalue weighted by Gasteiger charge is -2.14. The van der Waals surface area contributed by atoms with Crippen LogP contribution < -0.4 is 16.6 Å². The lowest BCUT2D eigenvalue weighted by atomic mass is 10.1. The lowest BCUT2D eigenvalue weighted by molar-refractivity contribution is 0.0934. The number of nitrogens with two attached hydrogens (primary N) is 1. The second-order valence-corrected chi connectivity index (χ2v) is 4.15. The molecule has 4 N–H and O–H groups in total. The Balaban J connectivity index is 2.09. The van der Waals surface area contributed by atoms with E-state index < -0.39 is 11.9 Å². The van der Waals surface area contributed by atoms with Crippen LogP contribution in [-0.4, -0.2) is 15.9 Å². The van der Waals surface area contributed by atoms with Crippen LogP contribution in [0.2, 0.25) is 0 Å². The van der Waals surface area contributed by atoms with Crippen molar-refractivity contribution < 1.29 is 9.18 Å². The molecule has 1 atom stereocenters. The Morgan fingerprint density at radius 1 is 1.30 bits per heavy atom. The van der Waals surface area contributed by atoms with Gasteiger partial charge >= 0.3 is 0 Å². The molecule has 1 aromatic heterocycles. The number of hydrogen-bond donors (Lipinski definition) is 3. The first-order chi connectivity index (χ1) is 9.61. The molecule has 1 heterocycles. The first kappa shape index (κ1) is 13.9. The zero-order valence-electron chi connectivity index (χ0n) is 10.8. The molecule has 104 valence electrons. The Morgan fingerprint density at radius 3 is 2.65 bits per heavy atom.